The highest BCUT2D eigenvalue weighted by atomic mass is 32.2. The number of allylic oxidation sites excluding steroid dienone is 1. The van der Waals surface area contributed by atoms with E-state index in [0.717, 1.165) is 16.7 Å². The Morgan fingerprint density at radius 2 is 1.45 bits per heavy atom. The van der Waals surface area contributed by atoms with Gasteiger partial charge < -0.3 is 23.8 Å². The number of methoxy groups -OCH3 is 1. The van der Waals surface area contributed by atoms with Crippen LogP contribution >= 0.6 is 11.8 Å². The summed E-state index contributed by atoms with van der Waals surface area (Å²) in [6.07, 6.45) is -6.09. The maximum absolute atomic E-state index is 14.9. The van der Waals surface area contributed by atoms with Crippen LogP contribution in [-0.4, -0.2) is 67.2 Å². The van der Waals surface area contributed by atoms with Gasteiger partial charge in [0.2, 0.25) is 0 Å². The zero-order valence-electron chi connectivity index (χ0n) is 24.9. The van der Waals surface area contributed by atoms with Crippen molar-refractivity contribution in [2.75, 3.05) is 21.2 Å². The Morgan fingerprint density at radius 1 is 0.864 bits per heavy atom. The van der Waals surface area contributed by atoms with Gasteiger partial charge in [0.1, 0.15) is 35.5 Å². The summed E-state index contributed by atoms with van der Waals surface area (Å²) in [6, 6.07) is 25.7. The van der Waals surface area contributed by atoms with E-state index < -0.39 is 41.5 Å². The lowest BCUT2D eigenvalue weighted by molar-refractivity contribution is -0.204. The number of hydrogen-bond donors (Lipinski definition) is 0. The van der Waals surface area contributed by atoms with Crippen LogP contribution in [0, 0.1) is 0 Å². The standard InChI is InChI=1S/C34H37F3N2O4S/c1-39(2)33-38-28-30(41-21-24-11-6-4-7-12-24)31(42-22-25-13-8-5-9-14-25)29(43-32(28)44-33)27(34(35,36)37)16-10-15-23-17-19-26(40-3)20-18-23/h4-9,11-14,16-20,28-32H,10,15,21-22H2,1-3H3/b27-16-/t28-,29-,30-,31-,32-/m1/s1. The Kier molecular flexibility index (Phi) is 10.7. The van der Waals surface area contributed by atoms with Crippen LogP contribution in [0.25, 0.3) is 0 Å². The van der Waals surface area contributed by atoms with Crippen LogP contribution in [0.1, 0.15) is 23.1 Å². The number of amidine groups is 1. The van der Waals surface area contributed by atoms with Crippen LogP contribution in [0.3, 0.4) is 0 Å². The van der Waals surface area contributed by atoms with Gasteiger partial charge in [-0.25, -0.2) is 0 Å². The molecule has 2 heterocycles. The van der Waals surface area contributed by atoms with Crippen molar-refractivity contribution in [3.63, 3.8) is 0 Å². The van der Waals surface area contributed by atoms with Crippen LogP contribution < -0.4 is 4.74 Å². The minimum absolute atomic E-state index is 0.0995. The first kappa shape index (κ1) is 32.1. The van der Waals surface area contributed by atoms with Gasteiger partial charge in [0.25, 0.3) is 0 Å². The zero-order chi connectivity index (χ0) is 31.1. The molecule has 0 bridgehead atoms. The molecular formula is C34H37F3N2O4S. The summed E-state index contributed by atoms with van der Waals surface area (Å²) in [5.41, 5.74) is 1.22. The molecule has 0 unspecified atom stereocenters. The average Bonchev–Trinajstić information content (AvgIpc) is 3.46. The second-order valence-corrected chi connectivity index (χ2v) is 12.0. The van der Waals surface area contributed by atoms with E-state index in [1.54, 1.807) is 19.2 Å². The quantitative estimate of drug-likeness (QED) is 0.213. The first-order valence-corrected chi connectivity index (χ1v) is 15.4. The first-order valence-electron chi connectivity index (χ1n) is 14.5. The maximum Gasteiger partial charge on any atom is 0.414 e. The van der Waals surface area contributed by atoms with Crippen molar-refractivity contribution < 1.29 is 32.1 Å². The molecule has 2 aliphatic heterocycles. The Balaban J connectivity index is 1.48. The lowest BCUT2D eigenvalue weighted by Crippen LogP contribution is -2.58. The summed E-state index contributed by atoms with van der Waals surface area (Å²) < 4.78 is 69.0. The molecule has 5 atom stereocenters. The van der Waals surface area contributed by atoms with Crippen molar-refractivity contribution in [1.82, 2.24) is 4.90 Å². The summed E-state index contributed by atoms with van der Waals surface area (Å²) >= 11 is 1.31. The molecule has 1 saturated heterocycles. The summed E-state index contributed by atoms with van der Waals surface area (Å²) in [5, 5.41) is 0.674. The second kappa shape index (κ2) is 14.6. The van der Waals surface area contributed by atoms with Crippen LogP contribution in [-0.2, 0) is 33.8 Å². The number of thioether (sulfide) groups is 1. The number of aryl methyl sites for hydroxylation is 1. The monoisotopic (exact) mass is 626 g/mol. The number of halogens is 3. The predicted molar refractivity (Wildman–Crippen MR) is 167 cm³/mol. The van der Waals surface area contributed by atoms with Gasteiger partial charge in [-0.2, -0.15) is 13.2 Å². The van der Waals surface area contributed by atoms with Gasteiger partial charge in [0.05, 0.1) is 25.9 Å². The molecule has 0 aliphatic carbocycles. The number of alkyl halides is 3. The lowest BCUT2D eigenvalue weighted by Gasteiger charge is -2.44. The number of ether oxygens (including phenoxy) is 4. The van der Waals surface area contributed by atoms with Crippen molar-refractivity contribution in [3.05, 3.63) is 113 Å². The van der Waals surface area contributed by atoms with E-state index in [0.29, 0.717) is 17.3 Å². The smallest absolute Gasteiger partial charge is 0.414 e. The molecule has 10 heteroatoms. The second-order valence-electron chi connectivity index (χ2n) is 10.9. The number of hydrogen-bond acceptors (Lipinski definition) is 7. The summed E-state index contributed by atoms with van der Waals surface area (Å²) in [6.45, 7) is 0.301. The molecule has 3 aromatic rings. The number of rotatable bonds is 11. The highest BCUT2D eigenvalue weighted by Crippen LogP contribution is 2.44. The molecule has 1 fully saturated rings. The molecule has 234 valence electrons. The molecule has 0 spiro atoms. The number of nitrogens with zero attached hydrogens (tertiary/aromatic N) is 2. The number of benzene rings is 3. The highest BCUT2D eigenvalue weighted by molar-refractivity contribution is 8.14. The maximum atomic E-state index is 14.9. The molecule has 0 radical (unpaired) electrons. The van der Waals surface area contributed by atoms with Crippen LogP contribution in [0.4, 0.5) is 13.2 Å². The Hall–Kier alpha value is -3.31. The molecule has 3 aromatic carbocycles. The van der Waals surface area contributed by atoms with E-state index in [2.05, 4.69) is 0 Å². The van der Waals surface area contributed by atoms with Crippen LogP contribution in [0.2, 0.25) is 0 Å². The minimum Gasteiger partial charge on any atom is -0.497 e. The average molecular weight is 627 g/mol. The Labute approximate surface area is 260 Å². The molecule has 0 amide bonds. The van der Waals surface area contributed by atoms with Crippen molar-refractivity contribution in [2.24, 2.45) is 4.99 Å². The van der Waals surface area contributed by atoms with Crippen molar-refractivity contribution in [3.8, 4) is 5.75 Å². The fourth-order valence-corrected chi connectivity index (χ4v) is 6.41. The van der Waals surface area contributed by atoms with E-state index >= 15 is 0 Å². The molecule has 5 rings (SSSR count). The van der Waals surface area contributed by atoms with Crippen molar-refractivity contribution >= 4 is 16.9 Å². The lowest BCUT2D eigenvalue weighted by atomic mass is 9.91. The molecule has 44 heavy (non-hydrogen) atoms. The SMILES string of the molecule is COc1ccc(CC/C=C(/[C@H]2O[C@@H]3SC(N(C)C)=N[C@@H]3[C@@H](OCc3ccccc3)[C@@H]2OCc2ccccc2)C(F)(F)F)cc1. The third kappa shape index (κ3) is 8.04. The fraction of sp³-hybridized carbons (Fsp3) is 0.382. The number of fused-ring (bicyclic) bond motifs is 1. The third-order valence-electron chi connectivity index (χ3n) is 7.54. The normalized spacial score (nSPS) is 23.6. The molecular weight excluding hydrogens is 589 g/mol. The third-order valence-corrected chi connectivity index (χ3v) is 8.85. The zero-order valence-corrected chi connectivity index (χ0v) is 25.8. The van der Waals surface area contributed by atoms with E-state index in [1.807, 2.05) is 91.8 Å². The topological polar surface area (TPSA) is 52.5 Å². The summed E-state index contributed by atoms with van der Waals surface area (Å²) in [4.78, 5) is 6.68. The molecule has 0 saturated carbocycles. The van der Waals surface area contributed by atoms with Gasteiger partial charge in [-0.05, 0) is 41.7 Å². The molecule has 0 aromatic heterocycles. The van der Waals surface area contributed by atoms with Crippen molar-refractivity contribution in [1.29, 1.82) is 0 Å². The fourth-order valence-electron chi connectivity index (χ4n) is 5.28. The summed E-state index contributed by atoms with van der Waals surface area (Å²) in [7, 11) is 5.28. The summed E-state index contributed by atoms with van der Waals surface area (Å²) in [5.74, 6) is 0.693. The van der Waals surface area contributed by atoms with Gasteiger partial charge in [-0.3, -0.25) is 4.99 Å². The van der Waals surface area contributed by atoms with Gasteiger partial charge in [-0.1, -0.05) is 90.6 Å². The highest BCUT2D eigenvalue weighted by Gasteiger charge is 2.55. The molecule has 6 nitrogen and oxygen atoms in total. The van der Waals surface area contributed by atoms with Gasteiger partial charge in [0.15, 0.2) is 5.17 Å². The molecule has 0 N–H and O–H groups in total. The van der Waals surface area contributed by atoms with Gasteiger partial charge >= 0.3 is 6.18 Å². The van der Waals surface area contributed by atoms with E-state index in [9.17, 15) is 13.2 Å². The van der Waals surface area contributed by atoms with Gasteiger partial charge in [-0.15, -0.1) is 0 Å². The minimum atomic E-state index is -4.65. The Morgan fingerprint density at radius 3 is 2.00 bits per heavy atom. The van der Waals surface area contributed by atoms with Crippen LogP contribution in [0.5, 0.6) is 5.75 Å². The predicted octanol–water partition coefficient (Wildman–Crippen LogP) is 7.05. The van der Waals surface area contributed by atoms with Crippen LogP contribution in [0.15, 0.2) is 102 Å². The van der Waals surface area contributed by atoms with E-state index in [4.69, 9.17) is 23.9 Å². The van der Waals surface area contributed by atoms with E-state index in [1.165, 1.54) is 17.8 Å². The molecule has 2 aliphatic rings. The first-order chi connectivity index (χ1) is 21.2. The van der Waals surface area contributed by atoms with Gasteiger partial charge in [0, 0.05) is 14.1 Å². The Bertz CT molecular complexity index is 1400. The number of aliphatic imine (C=N–C) groups is 1. The van der Waals surface area contributed by atoms with Crippen molar-refractivity contribution in [2.45, 2.75) is 62.0 Å². The van der Waals surface area contributed by atoms with E-state index in [-0.39, 0.29) is 19.6 Å². The largest absolute Gasteiger partial charge is 0.497 e.